The molecule has 3 amide bonds. The first-order chi connectivity index (χ1) is 21.2. The van der Waals surface area contributed by atoms with Crippen molar-refractivity contribution in [3.8, 4) is 0 Å². The van der Waals surface area contributed by atoms with Crippen LogP contribution in [0.2, 0.25) is 5.02 Å². The molecule has 0 spiro atoms. The number of hydrogen-bond donors (Lipinski definition) is 2. The molecular formula is C34H34BrClN4O4. The number of amides is 3. The van der Waals surface area contributed by atoms with Crippen LogP contribution in [0, 0.1) is 12.3 Å². The Morgan fingerprint density at radius 2 is 1.82 bits per heavy atom. The average Bonchev–Trinajstić information content (AvgIpc) is 3.71. The molecule has 44 heavy (non-hydrogen) atoms. The number of likely N-dealkylation sites (tertiary alicyclic amines) is 2. The molecule has 3 atom stereocenters. The van der Waals surface area contributed by atoms with Crippen LogP contribution < -0.4 is 5.32 Å². The van der Waals surface area contributed by atoms with E-state index in [-0.39, 0.29) is 24.8 Å². The fraction of sp³-hybridized carbons (Fsp3) is 0.324. The second-order valence-electron chi connectivity index (χ2n) is 11.8. The van der Waals surface area contributed by atoms with E-state index >= 15 is 0 Å². The van der Waals surface area contributed by atoms with Crippen molar-refractivity contribution in [2.75, 3.05) is 20.1 Å². The molecule has 0 aliphatic carbocycles. The van der Waals surface area contributed by atoms with E-state index in [0.717, 1.165) is 37.6 Å². The maximum Gasteiger partial charge on any atom is 0.407 e. The Kier molecular flexibility index (Phi) is 8.44. The predicted molar refractivity (Wildman–Crippen MR) is 173 cm³/mol. The standard InChI is InChI=1S/C34H34BrClN4O4/c1-21-3-5-22(6-4-21)16-34(32(42)39-14-13-26(20-39)44-33(43)37-2)17-30(41)40(19-23-7-9-24(35)10-8-23)31(34)28-18-38-29-15-25(36)11-12-27(28)29/h3-12,15,18,26,31,38H,13-14,16-17,19-20H2,1-2H3,(H,37,43). The van der Waals surface area contributed by atoms with E-state index in [1.165, 1.54) is 7.05 Å². The van der Waals surface area contributed by atoms with Crippen LogP contribution in [-0.4, -0.2) is 58.9 Å². The average molecular weight is 678 g/mol. The highest BCUT2D eigenvalue weighted by molar-refractivity contribution is 9.10. The van der Waals surface area contributed by atoms with E-state index in [1.54, 1.807) is 4.90 Å². The van der Waals surface area contributed by atoms with Crippen molar-refractivity contribution in [1.82, 2.24) is 20.1 Å². The van der Waals surface area contributed by atoms with Crippen LogP contribution in [0.3, 0.4) is 0 Å². The number of carbonyl (C=O) groups excluding carboxylic acids is 3. The lowest BCUT2D eigenvalue weighted by Gasteiger charge is -2.39. The van der Waals surface area contributed by atoms with Gasteiger partial charge in [0.1, 0.15) is 6.10 Å². The topological polar surface area (TPSA) is 94.7 Å². The Morgan fingerprint density at radius 3 is 2.55 bits per heavy atom. The molecular weight excluding hydrogens is 644 g/mol. The summed E-state index contributed by atoms with van der Waals surface area (Å²) in [5.74, 6) is -0.194. The van der Waals surface area contributed by atoms with Crippen LogP contribution in [0.15, 0.2) is 77.4 Å². The number of carbonyl (C=O) groups is 3. The van der Waals surface area contributed by atoms with Crippen molar-refractivity contribution in [1.29, 1.82) is 0 Å². The fourth-order valence-corrected chi connectivity index (χ4v) is 7.16. The molecule has 10 heteroatoms. The molecule has 6 rings (SSSR count). The molecule has 0 bridgehead atoms. The number of aromatic amines is 1. The van der Waals surface area contributed by atoms with E-state index < -0.39 is 23.7 Å². The van der Waals surface area contributed by atoms with Gasteiger partial charge < -0.3 is 24.8 Å². The van der Waals surface area contributed by atoms with Crippen molar-refractivity contribution in [2.45, 2.75) is 44.9 Å². The highest BCUT2D eigenvalue weighted by Crippen LogP contribution is 2.53. The summed E-state index contributed by atoms with van der Waals surface area (Å²) >= 11 is 9.85. The van der Waals surface area contributed by atoms with Gasteiger partial charge in [-0.2, -0.15) is 0 Å². The summed E-state index contributed by atoms with van der Waals surface area (Å²) in [4.78, 5) is 48.1. The maximum atomic E-state index is 15.0. The number of ether oxygens (including phenoxy) is 1. The first-order valence-corrected chi connectivity index (χ1v) is 15.9. The van der Waals surface area contributed by atoms with Crippen molar-refractivity contribution in [3.63, 3.8) is 0 Å². The zero-order valence-corrected chi connectivity index (χ0v) is 27.0. The largest absolute Gasteiger partial charge is 0.444 e. The Morgan fingerprint density at radius 1 is 1.09 bits per heavy atom. The van der Waals surface area contributed by atoms with Gasteiger partial charge in [-0.05, 0) is 48.7 Å². The second kappa shape index (κ2) is 12.3. The molecule has 2 aliphatic rings. The molecule has 3 aromatic carbocycles. The van der Waals surface area contributed by atoms with Gasteiger partial charge in [-0.15, -0.1) is 0 Å². The molecule has 2 N–H and O–H groups in total. The Labute approximate surface area is 269 Å². The first kappa shape index (κ1) is 30.2. The summed E-state index contributed by atoms with van der Waals surface area (Å²) in [6.07, 6.45) is 1.94. The van der Waals surface area contributed by atoms with Gasteiger partial charge in [0.05, 0.1) is 18.0 Å². The number of aromatic nitrogens is 1. The van der Waals surface area contributed by atoms with Crippen molar-refractivity contribution >= 4 is 56.3 Å². The van der Waals surface area contributed by atoms with E-state index in [0.29, 0.717) is 31.0 Å². The summed E-state index contributed by atoms with van der Waals surface area (Å²) in [6.45, 7) is 3.09. The monoisotopic (exact) mass is 676 g/mol. The van der Waals surface area contributed by atoms with Gasteiger partial charge in [0.2, 0.25) is 11.8 Å². The quantitative estimate of drug-likeness (QED) is 0.232. The minimum absolute atomic E-state index is 0.0542. The number of alkyl carbamates (subject to hydrolysis) is 1. The zero-order valence-electron chi connectivity index (χ0n) is 24.6. The molecule has 4 aromatic rings. The second-order valence-corrected chi connectivity index (χ2v) is 13.1. The summed E-state index contributed by atoms with van der Waals surface area (Å²) in [5.41, 5.74) is 3.66. The molecule has 1 aromatic heterocycles. The molecule has 2 saturated heterocycles. The number of nitrogens with one attached hydrogen (secondary N) is 2. The normalized spacial score (nSPS) is 21.7. The number of fused-ring (bicyclic) bond motifs is 1. The Bertz CT molecular complexity index is 1710. The lowest BCUT2D eigenvalue weighted by Crippen LogP contribution is -2.48. The molecule has 8 nitrogen and oxygen atoms in total. The van der Waals surface area contributed by atoms with E-state index in [9.17, 15) is 14.4 Å². The van der Waals surface area contributed by atoms with Gasteiger partial charge in [-0.25, -0.2) is 4.79 Å². The lowest BCUT2D eigenvalue weighted by molar-refractivity contribution is -0.143. The van der Waals surface area contributed by atoms with Crippen LogP contribution in [0.1, 0.15) is 41.1 Å². The molecule has 3 unspecified atom stereocenters. The molecule has 3 heterocycles. The van der Waals surface area contributed by atoms with Gasteiger partial charge in [0, 0.05) is 65.1 Å². The van der Waals surface area contributed by atoms with Gasteiger partial charge in [0.15, 0.2) is 0 Å². The number of H-pyrrole nitrogens is 1. The summed E-state index contributed by atoms with van der Waals surface area (Å²) in [6, 6.07) is 21.1. The number of benzene rings is 3. The maximum absolute atomic E-state index is 15.0. The molecule has 2 fully saturated rings. The van der Waals surface area contributed by atoms with Crippen LogP contribution in [0.5, 0.6) is 0 Å². The van der Waals surface area contributed by atoms with E-state index in [1.807, 2.05) is 84.8 Å². The van der Waals surface area contributed by atoms with Crippen molar-refractivity contribution in [3.05, 3.63) is 105 Å². The third-order valence-corrected chi connectivity index (χ3v) is 9.60. The number of nitrogens with zero attached hydrogens (tertiary/aromatic N) is 2. The first-order valence-electron chi connectivity index (χ1n) is 14.7. The number of aryl methyl sites for hydroxylation is 1. The minimum atomic E-state index is -1.11. The predicted octanol–water partition coefficient (Wildman–Crippen LogP) is 6.55. The number of halogens is 2. The van der Waals surface area contributed by atoms with Crippen molar-refractivity contribution < 1.29 is 19.1 Å². The number of rotatable bonds is 7. The minimum Gasteiger partial charge on any atom is -0.444 e. The molecule has 0 saturated carbocycles. The van der Waals surface area contributed by atoms with E-state index in [2.05, 4.69) is 26.2 Å². The van der Waals surface area contributed by atoms with Crippen LogP contribution in [0.4, 0.5) is 4.79 Å². The van der Waals surface area contributed by atoms with Crippen molar-refractivity contribution in [2.24, 2.45) is 5.41 Å². The van der Waals surface area contributed by atoms with Crippen LogP contribution >= 0.6 is 27.5 Å². The highest BCUT2D eigenvalue weighted by atomic mass is 79.9. The Balaban J connectivity index is 1.48. The number of hydrogen-bond acceptors (Lipinski definition) is 4. The van der Waals surface area contributed by atoms with Crippen LogP contribution in [0.25, 0.3) is 10.9 Å². The van der Waals surface area contributed by atoms with E-state index in [4.69, 9.17) is 16.3 Å². The third-order valence-electron chi connectivity index (χ3n) is 8.83. The smallest absolute Gasteiger partial charge is 0.407 e. The molecule has 228 valence electrons. The van der Waals surface area contributed by atoms with Gasteiger partial charge >= 0.3 is 6.09 Å². The third kappa shape index (κ3) is 5.83. The van der Waals surface area contributed by atoms with Gasteiger partial charge in [-0.1, -0.05) is 75.6 Å². The fourth-order valence-electron chi connectivity index (χ4n) is 6.72. The SMILES string of the molecule is CNC(=O)OC1CCN(C(=O)C2(Cc3ccc(C)cc3)CC(=O)N(Cc3ccc(Br)cc3)C2c2c[nH]c3cc(Cl)ccc23)C1. The van der Waals surface area contributed by atoms with Gasteiger partial charge in [-0.3, -0.25) is 9.59 Å². The molecule has 2 aliphatic heterocycles. The lowest BCUT2D eigenvalue weighted by atomic mass is 9.71. The molecule has 0 radical (unpaired) electrons. The van der Waals surface area contributed by atoms with Crippen LogP contribution in [-0.2, 0) is 27.3 Å². The summed E-state index contributed by atoms with van der Waals surface area (Å²) in [7, 11) is 1.51. The van der Waals surface area contributed by atoms with Gasteiger partial charge in [0.25, 0.3) is 0 Å². The zero-order chi connectivity index (χ0) is 31.0. The summed E-state index contributed by atoms with van der Waals surface area (Å²) in [5, 5.41) is 4.00. The highest BCUT2D eigenvalue weighted by Gasteiger charge is 2.59. The summed E-state index contributed by atoms with van der Waals surface area (Å²) < 4.78 is 6.47. The Hall–Kier alpha value is -3.82.